The van der Waals surface area contributed by atoms with E-state index in [0.717, 1.165) is 25.9 Å². The summed E-state index contributed by atoms with van der Waals surface area (Å²) in [7, 11) is 0. The molecule has 2 fully saturated rings. The summed E-state index contributed by atoms with van der Waals surface area (Å²) in [5, 5.41) is 6.31. The monoisotopic (exact) mass is 443 g/mol. The number of piperidine rings is 1. The lowest BCUT2D eigenvalue weighted by Crippen LogP contribution is -2.42. The third-order valence-corrected chi connectivity index (χ3v) is 5.83. The maximum Gasteiger partial charge on any atom is 0.257 e. The summed E-state index contributed by atoms with van der Waals surface area (Å²) < 4.78 is 11.2. The molecule has 2 aliphatic rings. The van der Waals surface area contributed by atoms with E-state index < -0.39 is 0 Å². The van der Waals surface area contributed by atoms with Gasteiger partial charge < -0.3 is 20.1 Å². The van der Waals surface area contributed by atoms with Crippen LogP contribution in [0, 0.1) is 5.92 Å². The van der Waals surface area contributed by atoms with Crippen LogP contribution < -0.4 is 10.6 Å². The zero-order valence-electron chi connectivity index (χ0n) is 17.2. The summed E-state index contributed by atoms with van der Waals surface area (Å²) in [6, 6.07) is 13.9. The predicted molar refractivity (Wildman–Crippen MR) is 119 cm³/mol. The number of halogens is 1. The first-order valence-corrected chi connectivity index (χ1v) is 10.9. The molecule has 31 heavy (non-hydrogen) atoms. The summed E-state index contributed by atoms with van der Waals surface area (Å²) in [6.07, 6.45) is 1.79. The maximum absolute atomic E-state index is 12.7. The van der Waals surface area contributed by atoms with Crippen LogP contribution >= 0.6 is 11.6 Å². The van der Waals surface area contributed by atoms with Crippen molar-refractivity contribution in [1.29, 1.82) is 0 Å². The van der Waals surface area contributed by atoms with Gasteiger partial charge in [-0.1, -0.05) is 23.7 Å². The second-order valence-electron chi connectivity index (χ2n) is 7.78. The number of carbonyl (C=O) groups is 2. The number of nitrogens with zero attached hydrogens (tertiary/aromatic N) is 1. The van der Waals surface area contributed by atoms with Crippen molar-refractivity contribution in [2.75, 3.05) is 43.5 Å². The topological polar surface area (TPSA) is 79.9 Å². The van der Waals surface area contributed by atoms with Gasteiger partial charge in [0.1, 0.15) is 0 Å². The summed E-state index contributed by atoms with van der Waals surface area (Å²) in [5.41, 5.74) is 1.52. The van der Waals surface area contributed by atoms with Gasteiger partial charge in [-0.05, 0) is 62.3 Å². The van der Waals surface area contributed by atoms with E-state index in [1.54, 1.807) is 48.5 Å². The van der Waals surface area contributed by atoms with Gasteiger partial charge in [0.15, 0.2) is 6.29 Å². The van der Waals surface area contributed by atoms with Crippen LogP contribution in [0.1, 0.15) is 23.2 Å². The van der Waals surface area contributed by atoms with Crippen LogP contribution in [0.3, 0.4) is 0 Å². The van der Waals surface area contributed by atoms with Crippen molar-refractivity contribution in [3.63, 3.8) is 0 Å². The van der Waals surface area contributed by atoms with Crippen molar-refractivity contribution < 1.29 is 19.1 Å². The molecule has 164 valence electrons. The normalized spacial score (nSPS) is 18.1. The van der Waals surface area contributed by atoms with E-state index >= 15 is 0 Å². The van der Waals surface area contributed by atoms with Crippen LogP contribution in [-0.4, -0.2) is 55.9 Å². The fourth-order valence-electron chi connectivity index (χ4n) is 3.95. The van der Waals surface area contributed by atoms with Gasteiger partial charge >= 0.3 is 0 Å². The Morgan fingerprint density at radius 2 is 1.65 bits per heavy atom. The number of amides is 2. The Kier molecular flexibility index (Phi) is 7.19. The smallest absolute Gasteiger partial charge is 0.257 e. The van der Waals surface area contributed by atoms with E-state index in [1.165, 1.54) is 0 Å². The molecule has 0 spiro atoms. The highest BCUT2D eigenvalue weighted by atomic mass is 35.5. The number of hydrogen-bond acceptors (Lipinski definition) is 5. The fraction of sp³-hybridized carbons (Fsp3) is 0.391. The van der Waals surface area contributed by atoms with Gasteiger partial charge in [-0.25, -0.2) is 0 Å². The number of rotatable bonds is 6. The minimum Gasteiger partial charge on any atom is -0.350 e. The van der Waals surface area contributed by atoms with Crippen molar-refractivity contribution in [2.45, 2.75) is 19.1 Å². The average molecular weight is 444 g/mol. The SMILES string of the molecule is O=C(CN1CCC(C2OCCO2)CC1)Nc1ccccc1C(=O)Nc1ccc(Cl)cc1. The van der Waals surface area contributed by atoms with Crippen LogP contribution in [0.4, 0.5) is 11.4 Å². The molecule has 2 amide bonds. The molecule has 2 aromatic rings. The number of nitrogens with one attached hydrogen (secondary N) is 2. The van der Waals surface area contributed by atoms with Crippen LogP contribution in [0.15, 0.2) is 48.5 Å². The Balaban J connectivity index is 1.31. The zero-order chi connectivity index (χ0) is 21.6. The Morgan fingerprint density at radius 1 is 0.968 bits per heavy atom. The van der Waals surface area contributed by atoms with Crippen molar-refractivity contribution in [3.05, 3.63) is 59.1 Å². The van der Waals surface area contributed by atoms with Crippen molar-refractivity contribution in [1.82, 2.24) is 4.90 Å². The van der Waals surface area contributed by atoms with E-state index in [0.29, 0.717) is 41.1 Å². The molecule has 2 saturated heterocycles. The minimum atomic E-state index is -0.296. The molecule has 0 radical (unpaired) electrons. The van der Waals surface area contributed by atoms with Crippen molar-refractivity contribution >= 4 is 34.8 Å². The number of para-hydroxylation sites is 1. The summed E-state index contributed by atoms with van der Waals surface area (Å²) in [4.78, 5) is 27.5. The second-order valence-corrected chi connectivity index (χ2v) is 8.21. The van der Waals surface area contributed by atoms with Crippen LogP contribution in [0.5, 0.6) is 0 Å². The van der Waals surface area contributed by atoms with E-state index in [1.807, 2.05) is 0 Å². The lowest BCUT2D eigenvalue weighted by molar-refractivity contribution is -0.119. The number of carbonyl (C=O) groups excluding carboxylic acids is 2. The van der Waals surface area contributed by atoms with E-state index in [2.05, 4.69) is 15.5 Å². The molecule has 0 aliphatic carbocycles. The minimum absolute atomic E-state index is 0.0954. The number of benzene rings is 2. The number of ether oxygens (including phenoxy) is 2. The molecule has 0 bridgehead atoms. The Morgan fingerprint density at radius 3 is 2.35 bits per heavy atom. The highest BCUT2D eigenvalue weighted by molar-refractivity contribution is 6.30. The molecule has 2 heterocycles. The van der Waals surface area contributed by atoms with Crippen LogP contribution in [0.25, 0.3) is 0 Å². The molecule has 8 heteroatoms. The van der Waals surface area contributed by atoms with Gasteiger partial charge in [0.05, 0.1) is 31.0 Å². The predicted octanol–water partition coefficient (Wildman–Crippen LogP) is 3.62. The third-order valence-electron chi connectivity index (χ3n) is 5.58. The van der Waals surface area contributed by atoms with E-state index in [4.69, 9.17) is 21.1 Å². The highest BCUT2D eigenvalue weighted by Gasteiger charge is 2.30. The van der Waals surface area contributed by atoms with E-state index in [-0.39, 0.29) is 24.6 Å². The average Bonchev–Trinajstić information content (AvgIpc) is 3.31. The zero-order valence-corrected chi connectivity index (χ0v) is 17.9. The standard InChI is InChI=1S/C23H26ClN3O4/c24-17-5-7-18(8-6-17)25-22(29)19-3-1-2-4-20(19)26-21(28)15-27-11-9-16(10-12-27)23-30-13-14-31-23/h1-8,16,23H,9-15H2,(H,25,29)(H,26,28). The van der Waals surface area contributed by atoms with Crippen LogP contribution in [0.2, 0.25) is 5.02 Å². The number of anilines is 2. The lowest BCUT2D eigenvalue weighted by Gasteiger charge is -2.33. The Hall–Kier alpha value is -2.45. The lowest BCUT2D eigenvalue weighted by atomic mass is 9.96. The number of hydrogen-bond donors (Lipinski definition) is 2. The first kappa shape index (κ1) is 21.8. The second kappa shape index (κ2) is 10.2. The molecule has 2 aliphatic heterocycles. The van der Waals surface area contributed by atoms with Crippen molar-refractivity contribution in [3.8, 4) is 0 Å². The van der Waals surface area contributed by atoms with Crippen LogP contribution in [-0.2, 0) is 14.3 Å². The summed E-state index contributed by atoms with van der Waals surface area (Å²) in [5.74, 6) is -0.0479. The van der Waals surface area contributed by atoms with Gasteiger partial charge in [-0.15, -0.1) is 0 Å². The van der Waals surface area contributed by atoms with E-state index in [9.17, 15) is 9.59 Å². The maximum atomic E-state index is 12.7. The molecule has 2 N–H and O–H groups in total. The summed E-state index contributed by atoms with van der Waals surface area (Å²) in [6.45, 7) is 3.25. The van der Waals surface area contributed by atoms with Gasteiger partial charge in [0.25, 0.3) is 5.91 Å². The molecule has 7 nitrogen and oxygen atoms in total. The molecular weight excluding hydrogens is 418 g/mol. The van der Waals surface area contributed by atoms with Gasteiger partial charge in [0, 0.05) is 16.6 Å². The molecule has 0 unspecified atom stereocenters. The molecule has 0 saturated carbocycles. The molecular formula is C23H26ClN3O4. The van der Waals surface area contributed by atoms with Gasteiger partial charge in [-0.3, -0.25) is 14.5 Å². The Bertz CT molecular complexity index is 907. The largest absolute Gasteiger partial charge is 0.350 e. The quantitative estimate of drug-likeness (QED) is 0.712. The number of likely N-dealkylation sites (tertiary alicyclic amines) is 1. The molecule has 4 rings (SSSR count). The van der Waals surface area contributed by atoms with Gasteiger partial charge in [0.2, 0.25) is 5.91 Å². The van der Waals surface area contributed by atoms with Crippen molar-refractivity contribution in [2.24, 2.45) is 5.92 Å². The summed E-state index contributed by atoms with van der Waals surface area (Å²) >= 11 is 5.89. The highest BCUT2D eigenvalue weighted by Crippen LogP contribution is 2.26. The molecule has 0 atom stereocenters. The third kappa shape index (κ3) is 5.83. The Labute approximate surface area is 186 Å². The fourth-order valence-corrected chi connectivity index (χ4v) is 4.07. The molecule has 2 aromatic carbocycles. The molecule has 0 aromatic heterocycles. The first-order chi connectivity index (χ1) is 15.1. The first-order valence-electron chi connectivity index (χ1n) is 10.5. The van der Waals surface area contributed by atoms with Gasteiger partial charge in [-0.2, -0.15) is 0 Å².